The van der Waals surface area contributed by atoms with Gasteiger partial charge in [0, 0.05) is 37.3 Å². The molecule has 1 heterocycles. The molecule has 1 fully saturated rings. The molecular formula is C23H29N3O5S. The van der Waals surface area contributed by atoms with Gasteiger partial charge in [-0.15, -0.1) is 0 Å². The zero-order valence-corrected chi connectivity index (χ0v) is 19.2. The number of nitrogens with one attached hydrogen (secondary N) is 2. The van der Waals surface area contributed by atoms with Gasteiger partial charge in [-0.1, -0.05) is 13.0 Å². The Hall–Kier alpha value is -2.91. The van der Waals surface area contributed by atoms with Crippen molar-refractivity contribution in [3.8, 4) is 5.75 Å². The lowest BCUT2D eigenvalue weighted by atomic mass is 10.0. The summed E-state index contributed by atoms with van der Waals surface area (Å²) >= 11 is 0. The molecule has 1 aliphatic rings. The second-order valence-electron chi connectivity index (χ2n) is 7.92. The summed E-state index contributed by atoms with van der Waals surface area (Å²) < 4.78 is 32.3. The van der Waals surface area contributed by atoms with Crippen LogP contribution in [0.1, 0.15) is 36.5 Å². The maximum Gasteiger partial charge on any atom is 0.251 e. The third kappa shape index (κ3) is 6.08. The van der Waals surface area contributed by atoms with E-state index >= 15 is 0 Å². The van der Waals surface area contributed by atoms with E-state index in [0.717, 1.165) is 12.8 Å². The fraction of sp³-hybridized carbons (Fsp3) is 0.391. The van der Waals surface area contributed by atoms with Crippen LogP contribution in [-0.2, 0) is 14.8 Å². The first-order valence-electron chi connectivity index (χ1n) is 10.6. The summed E-state index contributed by atoms with van der Waals surface area (Å²) in [4.78, 5) is 24.6. The van der Waals surface area contributed by atoms with E-state index in [-0.39, 0.29) is 29.7 Å². The van der Waals surface area contributed by atoms with Gasteiger partial charge in [0.15, 0.2) is 0 Å². The molecule has 0 radical (unpaired) electrons. The number of ether oxygens (including phenoxy) is 1. The molecule has 1 unspecified atom stereocenters. The van der Waals surface area contributed by atoms with E-state index in [1.54, 1.807) is 36.4 Å². The summed E-state index contributed by atoms with van der Waals surface area (Å²) in [5, 5.41) is 5.42. The largest absolute Gasteiger partial charge is 0.497 e. The van der Waals surface area contributed by atoms with Crippen molar-refractivity contribution in [3.05, 3.63) is 54.1 Å². The molecule has 2 aromatic carbocycles. The van der Waals surface area contributed by atoms with Crippen LogP contribution >= 0.6 is 0 Å². The quantitative estimate of drug-likeness (QED) is 0.632. The maximum absolute atomic E-state index is 12.8. The van der Waals surface area contributed by atoms with Crippen molar-refractivity contribution in [2.24, 2.45) is 5.92 Å². The molecule has 0 bridgehead atoms. The maximum atomic E-state index is 12.8. The number of methoxy groups -OCH3 is 1. The highest BCUT2D eigenvalue weighted by Crippen LogP contribution is 2.24. The number of piperidine rings is 1. The number of hydrogen-bond acceptors (Lipinski definition) is 5. The van der Waals surface area contributed by atoms with Gasteiger partial charge >= 0.3 is 0 Å². The van der Waals surface area contributed by atoms with Gasteiger partial charge < -0.3 is 15.4 Å². The first-order chi connectivity index (χ1) is 15.3. The lowest BCUT2D eigenvalue weighted by Crippen LogP contribution is -2.39. The molecule has 2 amide bonds. The smallest absolute Gasteiger partial charge is 0.251 e. The van der Waals surface area contributed by atoms with Crippen LogP contribution in [0, 0.1) is 5.92 Å². The Morgan fingerprint density at radius 2 is 1.91 bits per heavy atom. The van der Waals surface area contributed by atoms with Gasteiger partial charge in [0.05, 0.1) is 12.0 Å². The fourth-order valence-electron chi connectivity index (χ4n) is 3.60. The van der Waals surface area contributed by atoms with Crippen LogP contribution in [0.15, 0.2) is 53.4 Å². The van der Waals surface area contributed by atoms with Crippen molar-refractivity contribution in [1.82, 2.24) is 9.62 Å². The first kappa shape index (κ1) is 23.7. The lowest BCUT2D eigenvalue weighted by molar-refractivity contribution is -0.116. The molecule has 0 spiro atoms. The van der Waals surface area contributed by atoms with Crippen LogP contribution < -0.4 is 15.4 Å². The number of amides is 2. The summed E-state index contributed by atoms with van der Waals surface area (Å²) in [6, 6.07) is 12.9. The van der Waals surface area contributed by atoms with Crippen LogP contribution in [0.2, 0.25) is 0 Å². The predicted octanol–water partition coefficient (Wildman–Crippen LogP) is 2.87. The normalized spacial score (nSPS) is 16.9. The second-order valence-corrected chi connectivity index (χ2v) is 9.86. The zero-order chi connectivity index (χ0) is 23.1. The van der Waals surface area contributed by atoms with Crippen molar-refractivity contribution in [2.45, 2.75) is 31.1 Å². The highest BCUT2D eigenvalue weighted by molar-refractivity contribution is 7.89. The number of benzene rings is 2. The average Bonchev–Trinajstić information content (AvgIpc) is 2.79. The second kappa shape index (κ2) is 10.6. The van der Waals surface area contributed by atoms with Crippen molar-refractivity contribution in [3.63, 3.8) is 0 Å². The molecule has 9 heteroatoms. The molecular weight excluding hydrogens is 430 g/mol. The van der Waals surface area contributed by atoms with E-state index < -0.39 is 10.0 Å². The van der Waals surface area contributed by atoms with E-state index in [0.29, 0.717) is 36.0 Å². The minimum absolute atomic E-state index is 0.0847. The van der Waals surface area contributed by atoms with Crippen LogP contribution in [-0.4, -0.2) is 51.3 Å². The number of carbonyl (C=O) groups is 2. The van der Waals surface area contributed by atoms with Gasteiger partial charge in [0.2, 0.25) is 15.9 Å². The molecule has 1 atom stereocenters. The Labute approximate surface area is 189 Å². The molecule has 8 nitrogen and oxygen atoms in total. The number of rotatable bonds is 8. The lowest BCUT2D eigenvalue weighted by Gasteiger charge is -2.30. The van der Waals surface area contributed by atoms with E-state index in [1.807, 2.05) is 0 Å². The van der Waals surface area contributed by atoms with Gasteiger partial charge in [-0.25, -0.2) is 8.42 Å². The van der Waals surface area contributed by atoms with Crippen LogP contribution in [0.25, 0.3) is 0 Å². The standard InChI is InChI=1S/C23H29N3O5S/c1-17-5-4-14-26(16-17)32(29,30)21-10-8-19(9-11-21)25-22(27)12-13-24-23(28)18-6-3-7-20(15-18)31-2/h3,6-11,15,17H,4-5,12-14,16H2,1-2H3,(H,24,28)(H,25,27). The van der Waals surface area contributed by atoms with E-state index in [4.69, 9.17) is 4.74 Å². The Morgan fingerprint density at radius 3 is 2.59 bits per heavy atom. The Kier molecular flexibility index (Phi) is 7.87. The van der Waals surface area contributed by atoms with Gasteiger partial charge in [-0.05, 0) is 61.2 Å². The number of anilines is 1. The van der Waals surface area contributed by atoms with Crippen molar-refractivity contribution >= 4 is 27.5 Å². The molecule has 1 aliphatic heterocycles. The molecule has 3 rings (SSSR count). The average molecular weight is 460 g/mol. The highest BCUT2D eigenvalue weighted by atomic mass is 32.2. The third-order valence-electron chi connectivity index (χ3n) is 5.37. The summed E-state index contributed by atoms with van der Waals surface area (Å²) in [7, 11) is -2.01. The number of hydrogen-bond donors (Lipinski definition) is 2. The summed E-state index contributed by atoms with van der Waals surface area (Å²) in [6.07, 6.45) is 1.99. The number of carbonyl (C=O) groups excluding carboxylic acids is 2. The molecule has 32 heavy (non-hydrogen) atoms. The molecule has 172 valence electrons. The number of sulfonamides is 1. The van der Waals surface area contributed by atoms with Gasteiger partial charge in [-0.3, -0.25) is 9.59 Å². The highest BCUT2D eigenvalue weighted by Gasteiger charge is 2.28. The van der Waals surface area contributed by atoms with Crippen LogP contribution in [0.3, 0.4) is 0 Å². The van der Waals surface area contributed by atoms with E-state index in [9.17, 15) is 18.0 Å². The minimum Gasteiger partial charge on any atom is -0.497 e. The Balaban J connectivity index is 1.49. The summed E-state index contributed by atoms with van der Waals surface area (Å²) in [5.74, 6) is 0.354. The van der Waals surface area contributed by atoms with Gasteiger partial charge in [0.1, 0.15) is 5.75 Å². The Morgan fingerprint density at radius 1 is 1.16 bits per heavy atom. The topological polar surface area (TPSA) is 105 Å². The summed E-state index contributed by atoms with van der Waals surface area (Å²) in [5.41, 5.74) is 0.949. The predicted molar refractivity (Wildman–Crippen MR) is 122 cm³/mol. The van der Waals surface area contributed by atoms with E-state index in [1.165, 1.54) is 23.5 Å². The first-order valence-corrected chi connectivity index (χ1v) is 12.1. The molecule has 2 aromatic rings. The molecule has 1 saturated heterocycles. The van der Waals surface area contributed by atoms with Gasteiger partial charge in [-0.2, -0.15) is 4.31 Å². The number of nitrogens with zero attached hydrogens (tertiary/aromatic N) is 1. The third-order valence-corrected chi connectivity index (χ3v) is 7.24. The minimum atomic E-state index is -3.53. The summed E-state index contributed by atoms with van der Waals surface area (Å²) in [6.45, 7) is 3.29. The SMILES string of the molecule is COc1cccc(C(=O)NCCC(=O)Nc2ccc(S(=O)(=O)N3CCCC(C)C3)cc2)c1. The van der Waals surface area contributed by atoms with Crippen LogP contribution in [0.5, 0.6) is 5.75 Å². The zero-order valence-electron chi connectivity index (χ0n) is 18.3. The van der Waals surface area contributed by atoms with E-state index in [2.05, 4.69) is 17.6 Å². The van der Waals surface area contributed by atoms with Crippen LogP contribution in [0.4, 0.5) is 5.69 Å². The molecule has 0 saturated carbocycles. The fourth-order valence-corrected chi connectivity index (χ4v) is 5.20. The monoisotopic (exact) mass is 459 g/mol. The van der Waals surface area contributed by atoms with Crippen molar-refractivity contribution in [2.75, 3.05) is 32.1 Å². The van der Waals surface area contributed by atoms with Gasteiger partial charge in [0.25, 0.3) is 5.91 Å². The molecule has 2 N–H and O–H groups in total. The molecule has 0 aliphatic carbocycles. The molecule has 0 aromatic heterocycles. The Bertz CT molecular complexity index is 1050. The van der Waals surface area contributed by atoms with Crippen molar-refractivity contribution < 1.29 is 22.7 Å². The van der Waals surface area contributed by atoms with Crippen molar-refractivity contribution in [1.29, 1.82) is 0 Å².